The Bertz CT molecular complexity index is 176. The van der Waals surface area contributed by atoms with Crippen LogP contribution in [0.2, 0.25) is 0 Å². The maximum Gasteiger partial charge on any atom is 0.220 e. The van der Waals surface area contributed by atoms with E-state index in [1.165, 1.54) is 0 Å². The van der Waals surface area contributed by atoms with Crippen LogP contribution < -0.4 is 5.32 Å². The number of halogens is 1. The summed E-state index contributed by atoms with van der Waals surface area (Å²) in [6, 6.07) is 0. The molecule has 0 fully saturated rings. The molecule has 0 aliphatic rings. The molecule has 0 aliphatic carbocycles. The molecule has 0 aromatic rings. The summed E-state index contributed by atoms with van der Waals surface area (Å²) in [5.74, 6) is 0.764. The third kappa shape index (κ3) is 5.63. The van der Waals surface area contributed by atoms with Gasteiger partial charge in [0.15, 0.2) is 0 Å². The van der Waals surface area contributed by atoms with Gasteiger partial charge in [-0.05, 0) is 25.7 Å². The summed E-state index contributed by atoms with van der Waals surface area (Å²) in [6.45, 7) is 8.42. The number of carbonyl (C=O) groups excluding carboxylic acids is 1. The van der Waals surface area contributed by atoms with Crippen LogP contribution in [0.1, 0.15) is 47.0 Å². The fourth-order valence-electron chi connectivity index (χ4n) is 1.04. The van der Waals surface area contributed by atoms with Crippen LogP contribution in [-0.4, -0.2) is 16.8 Å². The van der Waals surface area contributed by atoms with E-state index in [1.54, 1.807) is 0 Å². The molecule has 0 radical (unpaired) electrons. The Kier molecular flexibility index (Phi) is 6.41. The molecule has 14 heavy (non-hydrogen) atoms. The summed E-state index contributed by atoms with van der Waals surface area (Å²) in [5, 5.41) is 3.87. The van der Waals surface area contributed by atoms with Crippen molar-refractivity contribution in [2.45, 2.75) is 52.5 Å². The Labute approximate surface area is 96.0 Å². The normalized spacial score (nSPS) is 15.3. The average molecular weight is 264 g/mol. The number of rotatable bonds is 6. The number of hydrogen-bond donors (Lipinski definition) is 1. The zero-order valence-corrected chi connectivity index (χ0v) is 11.3. The molecule has 0 bridgehead atoms. The molecule has 0 saturated carbocycles. The van der Waals surface area contributed by atoms with Crippen LogP contribution in [0.4, 0.5) is 0 Å². The molecular weight excluding hydrogens is 242 g/mol. The average Bonchev–Trinajstić information content (AvgIpc) is 2.14. The lowest BCUT2D eigenvalue weighted by Gasteiger charge is -2.27. The van der Waals surface area contributed by atoms with Crippen LogP contribution in [0.25, 0.3) is 0 Å². The van der Waals surface area contributed by atoms with E-state index in [2.05, 4.69) is 48.9 Å². The second kappa shape index (κ2) is 6.44. The van der Waals surface area contributed by atoms with Crippen LogP contribution in [-0.2, 0) is 4.79 Å². The first-order valence-electron chi connectivity index (χ1n) is 5.30. The number of alkyl halides is 1. The van der Waals surface area contributed by atoms with E-state index in [4.69, 9.17) is 0 Å². The van der Waals surface area contributed by atoms with Crippen LogP contribution >= 0.6 is 15.9 Å². The van der Waals surface area contributed by atoms with Gasteiger partial charge in [0.2, 0.25) is 5.91 Å². The molecule has 1 amide bonds. The maximum atomic E-state index is 11.5. The largest absolute Gasteiger partial charge is 0.350 e. The van der Waals surface area contributed by atoms with E-state index < -0.39 is 0 Å². The van der Waals surface area contributed by atoms with Gasteiger partial charge in [0.05, 0.1) is 0 Å². The standard InChI is InChI=1S/C11H22BrNO/c1-5-11(4,8-12)13-10(14)7-6-9(2)3/h9H,5-8H2,1-4H3,(H,13,14). The quantitative estimate of drug-likeness (QED) is 0.734. The van der Waals surface area contributed by atoms with E-state index in [0.29, 0.717) is 12.3 Å². The highest BCUT2D eigenvalue weighted by molar-refractivity contribution is 9.09. The van der Waals surface area contributed by atoms with Crippen molar-refractivity contribution in [3.05, 3.63) is 0 Å². The summed E-state index contributed by atoms with van der Waals surface area (Å²) in [6.07, 6.45) is 2.56. The second-order valence-corrected chi connectivity index (χ2v) is 5.09. The summed E-state index contributed by atoms with van der Waals surface area (Å²) in [5.41, 5.74) is -0.0892. The molecule has 0 spiro atoms. The van der Waals surface area contributed by atoms with Crippen molar-refractivity contribution in [3.8, 4) is 0 Å². The minimum absolute atomic E-state index is 0.0892. The lowest BCUT2D eigenvalue weighted by molar-refractivity contribution is -0.122. The van der Waals surface area contributed by atoms with Gasteiger partial charge in [-0.25, -0.2) is 0 Å². The van der Waals surface area contributed by atoms with Crippen molar-refractivity contribution < 1.29 is 4.79 Å². The molecule has 0 rings (SSSR count). The predicted octanol–water partition coefficient (Wildman–Crippen LogP) is 3.10. The van der Waals surface area contributed by atoms with Crippen molar-refractivity contribution in [2.24, 2.45) is 5.92 Å². The molecule has 1 atom stereocenters. The van der Waals surface area contributed by atoms with Gasteiger partial charge in [-0.1, -0.05) is 36.7 Å². The SMILES string of the molecule is CCC(C)(CBr)NC(=O)CCC(C)C. The van der Waals surface area contributed by atoms with E-state index in [0.717, 1.165) is 18.2 Å². The molecule has 2 nitrogen and oxygen atoms in total. The summed E-state index contributed by atoms with van der Waals surface area (Å²) in [7, 11) is 0. The summed E-state index contributed by atoms with van der Waals surface area (Å²) < 4.78 is 0. The van der Waals surface area contributed by atoms with E-state index in [-0.39, 0.29) is 11.4 Å². The van der Waals surface area contributed by atoms with Gasteiger partial charge in [0.25, 0.3) is 0 Å². The van der Waals surface area contributed by atoms with Gasteiger partial charge in [0, 0.05) is 17.3 Å². The zero-order valence-electron chi connectivity index (χ0n) is 9.69. The van der Waals surface area contributed by atoms with Gasteiger partial charge < -0.3 is 5.32 Å². The fraction of sp³-hybridized carbons (Fsp3) is 0.909. The predicted molar refractivity (Wildman–Crippen MR) is 64.7 cm³/mol. The Morgan fingerprint density at radius 2 is 2.07 bits per heavy atom. The Hall–Kier alpha value is -0.0500. The Morgan fingerprint density at radius 3 is 2.43 bits per heavy atom. The molecule has 1 N–H and O–H groups in total. The summed E-state index contributed by atoms with van der Waals surface area (Å²) >= 11 is 3.43. The topological polar surface area (TPSA) is 29.1 Å². The number of amides is 1. The zero-order chi connectivity index (χ0) is 11.2. The van der Waals surface area contributed by atoms with Crippen LogP contribution in [0.15, 0.2) is 0 Å². The van der Waals surface area contributed by atoms with Gasteiger partial charge in [0.1, 0.15) is 0 Å². The Balaban J connectivity index is 3.92. The lowest BCUT2D eigenvalue weighted by Crippen LogP contribution is -2.46. The van der Waals surface area contributed by atoms with Crippen molar-refractivity contribution in [2.75, 3.05) is 5.33 Å². The van der Waals surface area contributed by atoms with E-state index in [9.17, 15) is 4.79 Å². The lowest BCUT2D eigenvalue weighted by atomic mass is 10.0. The van der Waals surface area contributed by atoms with Gasteiger partial charge in [-0.15, -0.1) is 0 Å². The van der Waals surface area contributed by atoms with Crippen LogP contribution in [0, 0.1) is 5.92 Å². The number of nitrogens with one attached hydrogen (secondary N) is 1. The highest BCUT2D eigenvalue weighted by Crippen LogP contribution is 2.13. The maximum absolute atomic E-state index is 11.5. The molecule has 0 aromatic heterocycles. The Morgan fingerprint density at radius 1 is 1.50 bits per heavy atom. The van der Waals surface area contributed by atoms with Gasteiger partial charge >= 0.3 is 0 Å². The van der Waals surface area contributed by atoms with Gasteiger partial charge in [-0.3, -0.25) is 4.79 Å². The molecule has 3 heteroatoms. The van der Waals surface area contributed by atoms with Gasteiger partial charge in [-0.2, -0.15) is 0 Å². The van der Waals surface area contributed by atoms with Crippen molar-refractivity contribution in [1.82, 2.24) is 5.32 Å². The molecule has 84 valence electrons. The van der Waals surface area contributed by atoms with Crippen molar-refractivity contribution >= 4 is 21.8 Å². The third-order valence-electron chi connectivity index (χ3n) is 2.47. The summed E-state index contributed by atoms with van der Waals surface area (Å²) in [4.78, 5) is 11.5. The number of hydrogen-bond acceptors (Lipinski definition) is 1. The molecule has 0 heterocycles. The molecule has 0 aromatic carbocycles. The first-order chi connectivity index (χ1) is 6.43. The molecule has 1 unspecified atom stereocenters. The molecule has 0 aliphatic heterocycles. The minimum Gasteiger partial charge on any atom is -0.350 e. The van der Waals surface area contributed by atoms with Crippen molar-refractivity contribution in [3.63, 3.8) is 0 Å². The highest BCUT2D eigenvalue weighted by atomic mass is 79.9. The minimum atomic E-state index is -0.0892. The highest BCUT2D eigenvalue weighted by Gasteiger charge is 2.22. The van der Waals surface area contributed by atoms with E-state index in [1.807, 2.05) is 0 Å². The van der Waals surface area contributed by atoms with Crippen molar-refractivity contribution in [1.29, 1.82) is 0 Å². The first-order valence-corrected chi connectivity index (χ1v) is 6.42. The smallest absolute Gasteiger partial charge is 0.220 e. The number of carbonyl (C=O) groups is 1. The monoisotopic (exact) mass is 263 g/mol. The van der Waals surface area contributed by atoms with Crippen LogP contribution in [0.5, 0.6) is 0 Å². The molecular formula is C11H22BrNO. The van der Waals surface area contributed by atoms with Crippen LogP contribution in [0.3, 0.4) is 0 Å². The third-order valence-corrected chi connectivity index (χ3v) is 3.70. The van der Waals surface area contributed by atoms with E-state index >= 15 is 0 Å². The first kappa shape index (κ1) is 13.9. The second-order valence-electron chi connectivity index (χ2n) is 4.53. The fourth-order valence-corrected chi connectivity index (χ4v) is 1.57. The molecule has 0 saturated heterocycles.